The Bertz CT molecular complexity index is 784. The van der Waals surface area contributed by atoms with E-state index in [0.717, 1.165) is 17.8 Å². The molecule has 0 saturated heterocycles. The maximum Gasteiger partial charge on any atom is 0.244 e. The number of nitrogens with one attached hydrogen (secondary N) is 1. The van der Waals surface area contributed by atoms with E-state index in [4.69, 9.17) is 10.5 Å². The van der Waals surface area contributed by atoms with Crippen molar-refractivity contribution in [1.82, 2.24) is 5.32 Å². The Kier molecular flexibility index (Phi) is 6.60. The number of nitrogens with zero attached hydrogens (tertiary/aromatic N) is 2. The highest BCUT2D eigenvalue weighted by atomic mass is 16.5. The molecule has 0 saturated carbocycles. The van der Waals surface area contributed by atoms with Crippen molar-refractivity contribution in [3.8, 4) is 12.1 Å². The van der Waals surface area contributed by atoms with Crippen LogP contribution in [0.1, 0.15) is 40.0 Å². The summed E-state index contributed by atoms with van der Waals surface area (Å²) in [5.41, 5.74) is 8.04. The van der Waals surface area contributed by atoms with Gasteiger partial charge in [0.25, 0.3) is 0 Å². The molecule has 27 heavy (non-hydrogen) atoms. The van der Waals surface area contributed by atoms with Gasteiger partial charge < -0.3 is 15.8 Å². The SMILES string of the molecule is CCOCCCC1(C2C(C#N)=C(C)NC(C)=C2C#N)C=CC=C(C(N)=O)C1. The maximum absolute atomic E-state index is 11.9. The Labute approximate surface area is 160 Å². The topological polar surface area (TPSA) is 112 Å². The first-order valence-corrected chi connectivity index (χ1v) is 9.15. The van der Waals surface area contributed by atoms with Crippen molar-refractivity contribution in [3.05, 3.63) is 46.3 Å². The smallest absolute Gasteiger partial charge is 0.244 e. The predicted octanol–water partition coefficient (Wildman–Crippen LogP) is 2.98. The molecule has 3 N–H and O–H groups in total. The molecule has 1 unspecified atom stereocenters. The zero-order valence-corrected chi connectivity index (χ0v) is 16.1. The van der Waals surface area contributed by atoms with E-state index < -0.39 is 17.2 Å². The molecule has 1 atom stereocenters. The number of carbonyl (C=O) groups is 1. The molecular weight excluding hydrogens is 340 g/mol. The summed E-state index contributed by atoms with van der Waals surface area (Å²) in [4.78, 5) is 11.9. The fraction of sp³-hybridized carbons (Fsp3) is 0.476. The molecule has 0 radical (unpaired) electrons. The molecule has 0 aromatic carbocycles. The van der Waals surface area contributed by atoms with Gasteiger partial charge >= 0.3 is 0 Å². The third-order valence-corrected chi connectivity index (χ3v) is 5.27. The number of hydrogen-bond acceptors (Lipinski definition) is 5. The third kappa shape index (κ3) is 4.13. The molecule has 2 rings (SSSR count). The summed E-state index contributed by atoms with van der Waals surface area (Å²) in [5, 5.41) is 22.8. The van der Waals surface area contributed by atoms with E-state index >= 15 is 0 Å². The highest BCUT2D eigenvalue weighted by Gasteiger charge is 2.45. The summed E-state index contributed by atoms with van der Waals surface area (Å²) in [6.07, 6.45) is 7.39. The van der Waals surface area contributed by atoms with Gasteiger partial charge in [0.2, 0.25) is 5.91 Å². The van der Waals surface area contributed by atoms with Gasteiger partial charge in [-0.1, -0.05) is 18.2 Å². The minimum absolute atomic E-state index is 0.395. The summed E-state index contributed by atoms with van der Waals surface area (Å²) >= 11 is 0. The van der Waals surface area contributed by atoms with E-state index in [0.29, 0.717) is 42.8 Å². The van der Waals surface area contributed by atoms with Gasteiger partial charge in [0.1, 0.15) is 0 Å². The van der Waals surface area contributed by atoms with E-state index in [9.17, 15) is 15.3 Å². The number of dihydropyridines is 1. The zero-order chi connectivity index (χ0) is 20.0. The van der Waals surface area contributed by atoms with E-state index in [1.165, 1.54) is 0 Å². The van der Waals surface area contributed by atoms with E-state index in [1.807, 2.05) is 32.9 Å². The summed E-state index contributed by atoms with van der Waals surface area (Å²) in [5.74, 6) is -0.893. The molecule has 1 aliphatic heterocycles. The van der Waals surface area contributed by atoms with Crippen molar-refractivity contribution in [2.24, 2.45) is 17.1 Å². The Balaban J connectivity index is 2.55. The average Bonchev–Trinajstić information content (AvgIpc) is 2.65. The van der Waals surface area contributed by atoms with Crippen LogP contribution in [0, 0.1) is 34.0 Å². The van der Waals surface area contributed by atoms with Crippen molar-refractivity contribution in [2.75, 3.05) is 13.2 Å². The van der Waals surface area contributed by atoms with Crippen molar-refractivity contribution < 1.29 is 9.53 Å². The predicted molar refractivity (Wildman–Crippen MR) is 102 cm³/mol. The first-order valence-electron chi connectivity index (χ1n) is 9.15. The van der Waals surface area contributed by atoms with Crippen LogP contribution < -0.4 is 11.1 Å². The van der Waals surface area contributed by atoms with Crippen LogP contribution >= 0.6 is 0 Å². The van der Waals surface area contributed by atoms with Crippen LogP contribution in [-0.4, -0.2) is 19.1 Å². The number of nitriles is 2. The van der Waals surface area contributed by atoms with E-state index in [2.05, 4.69) is 17.5 Å². The Hall–Kier alpha value is -2.83. The fourth-order valence-electron chi connectivity index (χ4n) is 4.02. The maximum atomic E-state index is 11.9. The van der Waals surface area contributed by atoms with Gasteiger partial charge in [-0.05, 0) is 40.0 Å². The van der Waals surface area contributed by atoms with Gasteiger partial charge in [-0.2, -0.15) is 10.5 Å². The fourth-order valence-corrected chi connectivity index (χ4v) is 4.02. The van der Waals surface area contributed by atoms with E-state index in [1.54, 1.807) is 6.08 Å². The van der Waals surface area contributed by atoms with Crippen LogP contribution in [0.3, 0.4) is 0 Å². The molecule has 0 spiro atoms. The molecule has 0 bridgehead atoms. The molecule has 142 valence electrons. The molecule has 0 fully saturated rings. The first-order chi connectivity index (χ1) is 12.9. The molecule has 1 heterocycles. The van der Waals surface area contributed by atoms with Crippen LogP contribution in [0.25, 0.3) is 0 Å². The van der Waals surface area contributed by atoms with Gasteiger partial charge in [-0.25, -0.2) is 0 Å². The lowest BCUT2D eigenvalue weighted by Crippen LogP contribution is -2.39. The number of primary amides is 1. The van der Waals surface area contributed by atoms with Crippen LogP contribution in [0.2, 0.25) is 0 Å². The largest absolute Gasteiger partial charge is 0.382 e. The van der Waals surface area contributed by atoms with Crippen molar-refractivity contribution in [2.45, 2.75) is 40.0 Å². The summed E-state index contributed by atoms with van der Waals surface area (Å²) in [6, 6.07) is 4.57. The van der Waals surface area contributed by atoms with Crippen LogP contribution in [0.15, 0.2) is 46.3 Å². The minimum Gasteiger partial charge on any atom is -0.382 e. The summed E-state index contributed by atoms with van der Waals surface area (Å²) < 4.78 is 5.48. The normalized spacial score (nSPS) is 22.8. The lowest BCUT2D eigenvalue weighted by molar-refractivity contribution is -0.115. The number of rotatable bonds is 7. The Morgan fingerprint density at radius 3 is 2.48 bits per heavy atom. The van der Waals surface area contributed by atoms with Crippen molar-refractivity contribution in [1.29, 1.82) is 10.5 Å². The second-order valence-electron chi connectivity index (χ2n) is 6.98. The molecule has 6 heteroatoms. The number of nitrogens with two attached hydrogens (primary N) is 1. The second-order valence-corrected chi connectivity index (χ2v) is 6.98. The Morgan fingerprint density at radius 1 is 1.33 bits per heavy atom. The number of hydrogen-bond donors (Lipinski definition) is 2. The van der Waals surface area contributed by atoms with Crippen LogP contribution in [-0.2, 0) is 9.53 Å². The summed E-state index contributed by atoms with van der Waals surface area (Å²) in [6.45, 7) is 6.84. The van der Waals surface area contributed by atoms with Crippen LogP contribution in [0.4, 0.5) is 0 Å². The number of carbonyl (C=O) groups excluding carboxylic acids is 1. The molecule has 2 aliphatic rings. The molecule has 1 aliphatic carbocycles. The molecule has 6 nitrogen and oxygen atoms in total. The number of allylic oxidation sites excluding steroid dienone is 7. The molecular formula is C21H26N4O2. The second kappa shape index (κ2) is 8.70. The van der Waals surface area contributed by atoms with Crippen LogP contribution in [0.5, 0.6) is 0 Å². The minimum atomic E-state index is -0.572. The lowest BCUT2D eigenvalue weighted by Gasteiger charge is -2.42. The van der Waals surface area contributed by atoms with Crippen molar-refractivity contribution >= 4 is 5.91 Å². The quantitative estimate of drug-likeness (QED) is 0.673. The number of amides is 1. The van der Waals surface area contributed by atoms with Crippen molar-refractivity contribution in [3.63, 3.8) is 0 Å². The first kappa shape index (κ1) is 20.5. The molecule has 1 amide bonds. The third-order valence-electron chi connectivity index (χ3n) is 5.27. The lowest BCUT2D eigenvalue weighted by atomic mass is 9.60. The molecule has 0 aromatic rings. The highest BCUT2D eigenvalue weighted by molar-refractivity contribution is 5.92. The van der Waals surface area contributed by atoms with E-state index in [-0.39, 0.29) is 0 Å². The standard InChI is InChI=1S/C21H26N4O2/c1-4-27-10-6-9-21(8-5-7-16(11-21)20(24)26)19-17(12-22)14(2)25-15(3)18(19)13-23/h5,7-8,19,25H,4,6,9-11H2,1-3H3,(H2,24,26). The van der Waals surface area contributed by atoms with Gasteiger partial charge in [0.05, 0.1) is 23.3 Å². The van der Waals surface area contributed by atoms with Gasteiger partial charge in [0, 0.05) is 41.5 Å². The average molecular weight is 366 g/mol. The Morgan fingerprint density at radius 2 is 1.96 bits per heavy atom. The molecule has 0 aromatic heterocycles. The van der Waals surface area contributed by atoms with Gasteiger partial charge in [0.15, 0.2) is 0 Å². The highest BCUT2D eigenvalue weighted by Crippen LogP contribution is 2.51. The van der Waals surface area contributed by atoms with Gasteiger partial charge in [-0.15, -0.1) is 0 Å². The monoisotopic (exact) mass is 366 g/mol. The zero-order valence-electron chi connectivity index (χ0n) is 16.1. The van der Waals surface area contributed by atoms with Gasteiger partial charge in [-0.3, -0.25) is 4.79 Å². The number of ether oxygens (including phenoxy) is 1. The summed E-state index contributed by atoms with van der Waals surface area (Å²) in [7, 11) is 0.